The van der Waals surface area contributed by atoms with Crippen molar-refractivity contribution in [3.63, 3.8) is 0 Å². The van der Waals surface area contributed by atoms with E-state index in [2.05, 4.69) is 10.1 Å². The summed E-state index contributed by atoms with van der Waals surface area (Å²) in [6.07, 6.45) is -4.51. The van der Waals surface area contributed by atoms with Gasteiger partial charge in [0.15, 0.2) is 0 Å². The second kappa shape index (κ2) is 7.11. The number of hydrogen-bond donors (Lipinski definition) is 0. The molecule has 2 aromatic carbocycles. The van der Waals surface area contributed by atoms with Crippen LogP contribution in [0.4, 0.5) is 18.9 Å². The van der Waals surface area contributed by atoms with E-state index in [1.165, 1.54) is 17.0 Å². The third kappa shape index (κ3) is 3.77. The molecule has 0 spiro atoms. The second-order valence-corrected chi connectivity index (χ2v) is 5.86. The van der Waals surface area contributed by atoms with Crippen LogP contribution in [0.5, 0.6) is 0 Å². The highest BCUT2D eigenvalue weighted by molar-refractivity contribution is 5.66. The molecule has 27 heavy (non-hydrogen) atoms. The second-order valence-electron chi connectivity index (χ2n) is 5.86. The van der Waals surface area contributed by atoms with E-state index in [1.807, 2.05) is 6.07 Å². The maximum Gasteiger partial charge on any atom is 0.418 e. The number of benzene rings is 2. The minimum absolute atomic E-state index is 0.0607. The Labute approximate surface area is 153 Å². The minimum Gasteiger partial charge on any atom is -0.374 e. The van der Waals surface area contributed by atoms with Gasteiger partial charge in [-0.05, 0) is 49.4 Å². The predicted octanol–water partition coefficient (Wildman–Crippen LogP) is 4.75. The fraction of sp³-hybridized carbons (Fsp3) is 0.211. The number of anilines is 1. The van der Waals surface area contributed by atoms with Gasteiger partial charge in [0, 0.05) is 30.4 Å². The van der Waals surface area contributed by atoms with E-state index in [0.29, 0.717) is 17.7 Å². The maximum atomic E-state index is 13.5. The molecule has 0 saturated heterocycles. The van der Waals surface area contributed by atoms with Crippen LogP contribution in [0.1, 0.15) is 18.1 Å². The zero-order valence-corrected chi connectivity index (χ0v) is 14.6. The summed E-state index contributed by atoms with van der Waals surface area (Å²) in [4.78, 5) is 5.70. The highest BCUT2D eigenvalue weighted by Gasteiger charge is 2.35. The zero-order valence-electron chi connectivity index (χ0n) is 14.6. The number of halogens is 3. The van der Waals surface area contributed by atoms with Crippen LogP contribution >= 0.6 is 0 Å². The normalized spacial score (nSPS) is 11.3. The first kappa shape index (κ1) is 18.5. The van der Waals surface area contributed by atoms with Gasteiger partial charge in [0.25, 0.3) is 5.89 Å². The van der Waals surface area contributed by atoms with Crippen molar-refractivity contribution in [1.82, 2.24) is 10.1 Å². The molecule has 0 aliphatic carbocycles. The Hall–Kier alpha value is -3.34. The summed E-state index contributed by atoms with van der Waals surface area (Å²) in [5.74, 6) is 0.225. The summed E-state index contributed by atoms with van der Waals surface area (Å²) in [7, 11) is 1.60. The van der Waals surface area contributed by atoms with Gasteiger partial charge in [0.2, 0.25) is 5.82 Å². The van der Waals surface area contributed by atoms with Gasteiger partial charge in [-0.15, -0.1) is 0 Å². The molecule has 0 aliphatic rings. The Balaban J connectivity index is 1.99. The van der Waals surface area contributed by atoms with E-state index in [-0.39, 0.29) is 23.0 Å². The molecule has 0 aliphatic heterocycles. The first-order valence-electron chi connectivity index (χ1n) is 8.10. The lowest BCUT2D eigenvalue weighted by Crippen LogP contribution is -2.20. The summed E-state index contributed by atoms with van der Waals surface area (Å²) in [5.41, 5.74) is 0.591. The number of nitriles is 1. The number of alkyl halides is 3. The van der Waals surface area contributed by atoms with Gasteiger partial charge in [0.05, 0.1) is 17.2 Å². The largest absolute Gasteiger partial charge is 0.418 e. The highest BCUT2D eigenvalue weighted by atomic mass is 19.4. The van der Waals surface area contributed by atoms with Crippen molar-refractivity contribution in [1.29, 1.82) is 5.26 Å². The molecule has 0 unspecified atom stereocenters. The number of nitrogens with zero attached hydrogens (tertiary/aromatic N) is 4. The van der Waals surface area contributed by atoms with Gasteiger partial charge in [-0.3, -0.25) is 0 Å². The summed E-state index contributed by atoms with van der Waals surface area (Å²) in [5, 5.41) is 12.6. The van der Waals surface area contributed by atoms with Crippen molar-refractivity contribution in [2.24, 2.45) is 0 Å². The summed E-state index contributed by atoms with van der Waals surface area (Å²) >= 11 is 0. The molecule has 1 heterocycles. The molecule has 0 saturated carbocycles. The topological polar surface area (TPSA) is 66.0 Å². The van der Waals surface area contributed by atoms with Crippen molar-refractivity contribution in [3.8, 4) is 28.9 Å². The van der Waals surface area contributed by atoms with Crippen molar-refractivity contribution in [2.45, 2.75) is 13.1 Å². The van der Waals surface area contributed by atoms with Crippen molar-refractivity contribution in [3.05, 3.63) is 53.6 Å². The lowest BCUT2D eigenvalue weighted by atomic mass is 10.1. The van der Waals surface area contributed by atoms with Gasteiger partial charge < -0.3 is 9.42 Å². The summed E-state index contributed by atoms with van der Waals surface area (Å²) < 4.78 is 45.6. The van der Waals surface area contributed by atoms with Gasteiger partial charge in [-0.25, -0.2) is 0 Å². The third-order valence-electron chi connectivity index (χ3n) is 4.13. The number of aromatic nitrogens is 2. The maximum absolute atomic E-state index is 13.5. The van der Waals surface area contributed by atoms with E-state index in [1.54, 1.807) is 38.2 Å². The first-order chi connectivity index (χ1) is 12.8. The molecule has 8 heteroatoms. The smallest absolute Gasteiger partial charge is 0.374 e. The van der Waals surface area contributed by atoms with Crippen LogP contribution in [0.15, 0.2) is 47.0 Å². The van der Waals surface area contributed by atoms with Crippen LogP contribution in [-0.2, 0) is 6.18 Å². The zero-order chi connectivity index (χ0) is 19.6. The quantitative estimate of drug-likeness (QED) is 0.661. The van der Waals surface area contributed by atoms with E-state index in [9.17, 15) is 13.2 Å². The Kier molecular flexibility index (Phi) is 4.86. The Morgan fingerprint density at radius 3 is 2.37 bits per heavy atom. The fourth-order valence-electron chi connectivity index (χ4n) is 2.55. The average molecular weight is 372 g/mol. The molecule has 0 amide bonds. The van der Waals surface area contributed by atoms with Crippen molar-refractivity contribution in [2.75, 3.05) is 18.5 Å². The van der Waals surface area contributed by atoms with Gasteiger partial charge >= 0.3 is 6.18 Å². The molecule has 0 fully saturated rings. The van der Waals surface area contributed by atoms with Crippen LogP contribution in [0.25, 0.3) is 22.8 Å². The third-order valence-corrected chi connectivity index (χ3v) is 4.13. The van der Waals surface area contributed by atoms with E-state index in [4.69, 9.17) is 9.78 Å². The van der Waals surface area contributed by atoms with Crippen LogP contribution < -0.4 is 4.90 Å². The Morgan fingerprint density at radius 2 is 1.78 bits per heavy atom. The average Bonchev–Trinajstić information content (AvgIpc) is 3.16. The predicted molar refractivity (Wildman–Crippen MR) is 93.8 cm³/mol. The lowest BCUT2D eigenvalue weighted by Gasteiger charge is -2.22. The standard InChI is InChI=1S/C19H15F3N4O/c1-3-26(2)16-9-8-14(10-15(16)19(20,21)22)17-24-18(27-25-17)13-6-4-12(11-23)5-7-13/h4-10H,3H2,1-2H3. The van der Waals surface area contributed by atoms with E-state index in [0.717, 1.165) is 6.07 Å². The van der Waals surface area contributed by atoms with Crippen LogP contribution in [-0.4, -0.2) is 23.7 Å². The molecule has 3 aromatic rings. The van der Waals surface area contributed by atoms with Crippen molar-refractivity contribution >= 4 is 5.69 Å². The molecule has 138 valence electrons. The Bertz CT molecular complexity index is 987. The minimum atomic E-state index is -4.51. The monoisotopic (exact) mass is 372 g/mol. The highest BCUT2D eigenvalue weighted by Crippen LogP contribution is 2.38. The van der Waals surface area contributed by atoms with Crippen LogP contribution in [0, 0.1) is 11.3 Å². The SMILES string of the molecule is CCN(C)c1ccc(-c2noc(-c3ccc(C#N)cc3)n2)cc1C(F)(F)F. The molecule has 1 aromatic heterocycles. The number of rotatable bonds is 4. The van der Waals surface area contributed by atoms with Crippen molar-refractivity contribution < 1.29 is 17.7 Å². The fourth-order valence-corrected chi connectivity index (χ4v) is 2.55. The van der Waals surface area contributed by atoms with E-state index < -0.39 is 11.7 Å². The molecule has 0 radical (unpaired) electrons. The molecule has 3 rings (SSSR count). The molecule has 0 N–H and O–H groups in total. The first-order valence-corrected chi connectivity index (χ1v) is 8.10. The molecule has 0 atom stereocenters. The van der Waals surface area contributed by atoms with E-state index >= 15 is 0 Å². The van der Waals surface area contributed by atoms with Gasteiger partial charge in [-0.1, -0.05) is 5.16 Å². The van der Waals surface area contributed by atoms with Gasteiger partial charge in [-0.2, -0.15) is 23.4 Å². The van der Waals surface area contributed by atoms with Gasteiger partial charge in [0.1, 0.15) is 0 Å². The molecular weight excluding hydrogens is 357 g/mol. The molecule has 0 bridgehead atoms. The van der Waals surface area contributed by atoms with Crippen LogP contribution in [0.3, 0.4) is 0 Å². The summed E-state index contributed by atoms with van der Waals surface area (Å²) in [6.45, 7) is 2.21. The Morgan fingerprint density at radius 1 is 1.11 bits per heavy atom. The molecule has 5 nitrogen and oxygen atoms in total. The lowest BCUT2D eigenvalue weighted by molar-refractivity contribution is -0.137. The summed E-state index contributed by atoms with van der Waals surface area (Å²) in [6, 6.07) is 12.4. The molecular formula is C19H15F3N4O. The van der Waals surface area contributed by atoms with Crippen LogP contribution in [0.2, 0.25) is 0 Å². The number of hydrogen-bond acceptors (Lipinski definition) is 5.